The molecule has 2 aromatic carbocycles. The summed E-state index contributed by atoms with van der Waals surface area (Å²) in [5.74, 6) is 0. The van der Waals surface area contributed by atoms with Crippen molar-refractivity contribution in [2.75, 3.05) is 33.8 Å². The Morgan fingerprint density at radius 2 is 1.50 bits per heavy atom. The highest BCUT2D eigenvalue weighted by Crippen LogP contribution is 2.46. The number of rotatable bonds is 7. The minimum Gasteiger partial charge on any atom is -0.406 e. The van der Waals surface area contributed by atoms with E-state index in [4.69, 9.17) is 4.43 Å². The Kier molecular flexibility index (Phi) is 5.97. The van der Waals surface area contributed by atoms with E-state index in [9.17, 15) is 0 Å². The van der Waals surface area contributed by atoms with Gasteiger partial charge in [-0.05, 0) is 48.8 Å². The molecule has 0 bridgehead atoms. The van der Waals surface area contributed by atoms with Crippen LogP contribution in [0.15, 0.2) is 60.7 Å². The van der Waals surface area contributed by atoms with Crippen molar-refractivity contribution in [3.63, 3.8) is 0 Å². The van der Waals surface area contributed by atoms with Gasteiger partial charge in [0.1, 0.15) is 0 Å². The van der Waals surface area contributed by atoms with E-state index in [0.717, 1.165) is 6.61 Å². The normalized spacial score (nSPS) is 21.9. The molecule has 4 rings (SSSR count). The second-order valence-corrected chi connectivity index (χ2v) is 14.8. The number of benzene rings is 2. The van der Waals surface area contributed by atoms with Crippen molar-refractivity contribution in [1.82, 2.24) is 9.80 Å². The molecule has 30 heavy (non-hydrogen) atoms. The first-order valence-corrected chi connectivity index (χ1v) is 13.4. The van der Waals surface area contributed by atoms with Crippen LogP contribution >= 0.6 is 0 Å². The van der Waals surface area contributed by atoms with Gasteiger partial charge >= 0.3 is 0 Å². The Balaban J connectivity index is 1.66. The molecular formula is C26H38N2OSi. The molecule has 162 valence electrons. The number of likely N-dealkylation sites (tertiary alicyclic amines) is 1. The van der Waals surface area contributed by atoms with Crippen LogP contribution in [0.4, 0.5) is 0 Å². The summed E-state index contributed by atoms with van der Waals surface area (Å²) in [6.45, 7) is 10.3. The van der Waals surface area contributed by atoms with Crippen molar-refractivity contribution in [2.45, 2.75) is 56.7 Å². The first-order valence-electron chi connectivity index (χ1n) is 11.5. The van der Waals surface area contributed by atoms with Gasteiger partial charge in [0.05, 0.1) is 6.61 Å². The van der Waals surface area contributed by atoms with Crippen LogP contribution in [0.3, 0.4) is 0 Å². The van der Waals surface area contributed by atoms with Crippen LogP contribution in [0, 0.1) is 0 Å². The summed E-state index contributed by atoms with van der Waals surface area (Å²) in [5.41, 5.74) is 0.248. The fraction of sp³-hybridized carbons (Fsp3) is 0.538. The lowest BCUT2D eigenvalue weighted by Gasteiger charge is -2.44. The van der Waals surface area contributed by atoms with Gasteiger partial charge in [-0.25, -0.2) is 0 Å². The predicted octanol–water partition coefficient (Wildman–Crippen LogP) is 3.73. The minimum absolute atomic E-state index is 0.0446. The van der Waals surface area contributed by atoms with Crippen molar-refractivity contribution in [3.05, 3.63) is 60.7 Å². The van der Waals surface area contributed by atoms with Gasteiger partial charge in [0, 0.05) is 24.7 Å². The third kappa shape index (κ3) is 3.91. The van der Waals surface area contributed by atoms with Crippen molar-refractivity contribution in [2.24, 2.45) is 0 Å². The topological polar surface area (TPSA) is 15.7 Å². The Morgan fingerprint density at radius 3 is 1.90 bits per heavy atom. The third-order valence-electron chi connectivity index (χ3n) is 7.37. The van der Waals surface area contributed by atoms with Gasteiger partial charge in [0.25, 0.3) is 8.32 Å². The Bertz CT molecular complexity index is 788. The molecular weight excluding hydrogens is 384 g/mol. The fourth-order valence-electron chi connectivity index (χ4n) is 5.29. The highest BCUT2D eigenvalue weighted by atomic mass is 28.4. The maximum atomic E-state index is 7.29. The molecule has 0 radical (unpaired) electrons. The Morgan fingerprint density at radius 1 is 0.967 bits per heavy atom. The minimum atomic E-state index is -2.45. The lowest BCUT2D eigenvalue weighted by Crippen LogP contribution is -2.67. The van der Waals surface area contributed by atoms with Crippen molar-refractivity contribution in [3.8, 4) is 0 Å². The summed E-state index contributed by atoms with van der Waals surface area (Å²) in [4.78, 5) is 5.12. The molecule has 2 aliphatic rings. The summed E-state index contributed by atoms with van der Waals surface area (Å²) in [5, 5.41) is 2.81. The molecule has 1 saturated carbocycles. The maximum absolute atomic E-state index is 7.29. The maximum Gasteiger partial charge on any atom is 0.261 e. The lowest BCUT2D eigenvalue weighted by atomic mass is 10.2. The van der Waals surface area contributed by atoms with E-state index >= 15 is 0 Å². The molecule has 1 aliphatic heterocycles. The van der Waals surface area contributed by atoms with E-state index in [0.29, 0.717) is 6.04 Å². The summed E-state index contributed by atoms with van der Waals surface area (Å²) < 4.78 is 7.29. The van der Waals surface area contributed by atoms with Gasteiger partial charge in [-0.3, -0.25) is 4.90 Å². The van der Waals surface area contributed by atoms with E-state index in [-0.39, 0.29) is 10.6 Å². The van der Waals surface area contributed by atoms with Crippen molar-refractivity contribution < 1.29 is 4.43 Å². The van der Waals surface area contributed by atoms with Crippen LogP contribution in [-0.2, 0) is 4.43 Å². The zero-order valence-electron chi connectivity index (χ0n) is 19.4. The average Bonchev–Trinajstić information content (AvgIpc) is 3.34. The second kappa shape index (κ2) is 8.23. The van der Waals surface area contributed by atoms with Gasteiger partial charge in [0.15, 0.2) is 0 Å². The summed E-state index contributed by atoms with van der Waals surface area (Å²) in [6.07, 6.45) is 3.81. The van der Waals surface area contributed by atoms with Gasteiger partial charge in [0.2, 0.25) is 0 Å². The van der Waals surface area contributed by atoms with Gasteiger partial charge in [-0.2, -0.15) is 0 Å². The number of hydrogen-bond acceptors (Lipinski definition) is 3. The zero-order chi connectivity index (χ0) is 21.4. The molecule has 1 heterocycles. The molecule has 0 aromatic heterocycles. The van der Waals surface area contributed by atoms with E-state index in [1.807, 2.05) is 0 Å². The van der Waals surface area contributed by atoms with E-state index < -0.39 is 8.32 Å². The van der Waals surface area contributed by atoms with E-state index in [2.05, 4.69) is 105 Å². The molecule has 1 saturated heterocycles. The Hall–Kier alpha value is -1.46. The molecule has 0 N–H and O–H groups in total. The number of likely N-dealkylation sites (N-methyl/N-ethyl adjacent to an activating group) is 1. The predicted molar refractivity (Wildman–Crippen MR) is 129 cm³/mol. The molecule has 0 spiro atoms. The highest BCUT2D eigenvalue weighted by molar-refractivity contribution is 6.99. The largest absolute Gasteiger partial charge is 0.406 e. The Labute approximate surface area is 184 Å². The smallest absolute Gasteiger partial charge is 0.261 e. The molecule has 1 unspecified atom stereocenters. The van der Waals surface area contributed by atoms with Gasteiger partial charge in [-0.1, -0.05) is 81.4 Å². The fourth-order valence-corrected chi connectivity index (χ4v) is 9.94. The van der Waals surface area contributed by atoms with Crippen molar-refractivity contribution >= 4 is 18.7 Å². The lowest BCUT2D eigenvalue weighted by molar-refractivity contribution is 0.127. The second-order valence-electron chi connectivity index (χ2n) is 10.5. The van der Waals surface area contributed by atoms with Gasteiger partial charge in [-0.15, -0.1) is 0 Å². The summed E-state index contributed by atoms with van der Waals surface area (Å²) >= 11 is 0. The summed E-state index contributed by atoms with van der Waals surface area (Å²) in [7, 11) is 1.98. The summed E-state index contributed by atoms with van der Waals surface area (Å²) in [6, 6.07) is 22.8. The number of hydrogen-bond donors (Lipinski definition) is 0. The van der Waals surface area contributed by atoms with Crippen molar-refractivity contribution in [1.29, 1.82) is 0 Å². The molecule has 3 nitrogen and oxygen atoms in total. The van der Waals surface area contributed by atoms with Crippen LogP contribution in [0.1, 0.15) is 40.0 Å². The SMILES string of the molecule is CN(C)C1CCN(C2(CO[Si](c3ccccc3)(c3ccccc3)C(C)(C)C)CC2)C1. The quantitative estimate of drug-likeness (QED) is 0.632. The van der Waals surface area contributed by atoms with Crippen LogP contribution in [-0.4, -0.2) is 63.5 Å². The van der Waals surface area contributed by atoms with Crippen LogP contribution in [0.5, 0.6) is 0 Å². The van der Waals surface area contributed by atoms with Crippen LogP contribution in [0.25, 0.3) is 0 Å². The highest BCUT2D eigenvalue weighted by Gasteiger charge is 2.55. The molecule has 1 atom stereocenters. The molecule has 2 fully saturated rings. The molecule has 0 amide bonds. The van der Waals surface area contributed by atoms with Crippen LogP contribution < -0.4 is 10.4 Å². The third-order valence-corrected chi connectivity index (χ3v) is 12.3. The molecule has 4 heteroatoms. The number of nitrogens with zero attached hydrogens (tertiary/aromatic N) is 2. The zero-order valence-corrected chi connectivity index (χ0v) is 20.4. The molecule has 2 aromatic rings. The average molecular weight is 423 g/mol. The van der Waals surface area contributed by atoms with Crippen LogP contribution in [0.2, 0.25) is 5.04 Å². The monoisotopic (exact) mass is 422 g/mol. The van der Waals surface area contributed by atoms with Gasteiger partial charge < -0.3 is 9.33 Å². The standard InChI is InChI=1S/C26H38N2OSi/c1-25(2,3)30(23-12-8-6-9-13-23,24-14-10-7-11-15-24)29-21-26(17-18-26)28-19-16-22(20-28)27(4)5/h6-15,22H,16-21H2,1-5H3. The van der Waals surface area contributed by atoms with E-state index in [1.165, 1.54) is 42.7 Å². The first kappa shape index (κ1) is 21.8. The molecule has 1 aliphatic carbocycles. The van der Waals surface area contributed by atoms with E-state index in [1.54, 1.807) is 0 Å². The first-order chi connectivity index (χ1) is 14.3.